The van der Waals surface area contributed by atoms with Crippen molar-refractivity contribution in [2.24, 2.45) is 0 Å². The van der Waals surface area contributed by atoms with Crippen LogP contribution in [-0.4, -0.2) is 37.1 Å². The van der Waals surface area contributed by atoms with E-state index < -0.39 is 17.8 Å². The maximum Gasteiger partial charge on any atom is 0.341 e. The Morgan fingerprint density at radius 3 is 2.15 bits per heavy atom. The van der Waals surface area contributed by atoms with Gasteiger partial charge in [-0.3, -0.25) is 14.4 Å². The lowest BCUT2D eigenvalue weighted by atomic mass is 10.0. The van der Waals surface area contributed by atoms with Crippen molar-refractivity contribution in [1.82, 2.24) is 5.06 Å². The number of carbonyl (C=O) groups is 3. The first kappa shape index (κ1) is 18.3. The Morgan fingerprint density at radius 1 is 0.963 bits per heavy atom. The zero-order valence-corrected chi connectivity index (χ0v) is 14.8. The highest BCUT2D eigenvalue weighted by molar-refractivity contribution is 6.20. The van der Waals surface area contributed by atoms with Gasteiger partial charge in [-0.15, -0.1) is 5.06 Å². The van der Waals surface area contributed by atoms with Crippen LogP contribution in [0.1, 0.15) is 31.8 Å². The van der Waals surface area contributed by atoms with E-state index in [-0.39, 0.29) is 12.2 Å². The molecule has 2 amide bonds. The minimum atomic E-state index is -0.579. The maximum atomic E-state index is 12.4. The second-order valence-electron chi connectivity index (χ2n) is 5.64. The molecule has 0 spiro atoms. The van der Waals surface area contributed by atoms with E-state index in [9.17, 15) is 14.4 Å². The first-order valence-electron chi connectivity index (χ1n) is 8.08. The summed E-state index contributed by atoms with van der Waals surface area (Å²) in [7, 11) is 2.69. The fourth-order valence-electron chi connectivity index (χ4n) is 2.78. The molecule has 2 aromatic rings. The molecule has 0 saturated heterocycles. The summed E-state index contributed by atoms with van der Waals surface area (Å²) in [5.74, 6) is -1.62. The van der Waals surface area contributed by atoms with Crippen LogP contribution in [0.15, 0.2) is 54.8 Å². The standard InChI is InChI=1S/C20H17NO6/c1-25-12-17(20(24)26-2)14-8-4-3-7-13(14)11-27-21-18(22)15-9-5-6-10-16(15)19(21)23/h3-10,12H,11H2,1-2H3/b17-12-. The number of carbonyl (C=O) groups excluding carboxylic acids is 3. The second-order valence-corrected chi connectivity index (χ2v) is 5.64. The average molecular weight is 367 g/mol. The third-order valence-corrected chi connectivity index (χ3v) is 4.05. The second kappa shape index (κ2) is 7.84. The van der Waals surface area contributed by atoms with Gasteiger partial charge in [0.2, 0.25) is 0 Å². The highest BCUT2D eigenvalue weighted by Crippen LogP contribution is 2.25. The van der Waals surface area contributed by atoms with Crippen LogP contribution in [0.5, 0.6) is 0 Å². The number of imide groups is 1. The molecule has 0 fully saturated rings. The van der Waals surface area contributed by atoms with Gasteiger partial charge in [-0.2, -0.15) is 0 Å². The normalized spacial score (nSPS) is 13.6. The molecule has 0 unspecified atom stereocenters. The molecule has 1 aliphatic heterocycles. The Morgan fingerprint density at radius 2 is 1.56 bits per heavy atom. The number of rotatable bonds is 6. The first-order valence-corrected chi connectivity index (χ1v) is 8.08. The van der Waals surface area contributed by atoms with Gasteiger partial charge >= 0.3 is 5.97 Å². The van der Waals surface area contributed by atoms with Crippen molar-refractivity contribution in [2.75, 3.05) is 14.2 Å². The molecular formula is C20H17NO6. The van der Waals surface area contributed by atoms with E-state index in [4.69, 9.17) is 14.3 Å². The largest absolute Gasteiger partial charge is 0.503 e. The van der Waals surface area contributed by atoms with Crippen molar-refractivity contribution in [3.8, 4) is 0 Å². The quantitative estimate of drug-likeness (QED) is 0.338. The predicted molar refractivity (Wildman–Crippen MR) is 95.2 cm³/mol. The molecule has 0 radical (unpaired) electrons. The Kier molecular flexibility index (Phi) is 5.33. The summed E-state index contributed by atoms with van der Waals surface area (Å²) in [5, 5.41) is 0.735. The molecule has 0 N–H and O–H groups in total. The first-order chi connectivity index (χ1) is 13.1. The molecule has 27 heavy (non-hydrogen) atoms. The molecular weight excluding hydrogens is 350 g/mol. The van der Waals surface area contributed by atoms with Gasteiger partial charge in [0.15, 0.2) is 0 Å². The number of nitrogens with zero attached hydrogens (tertiary/aromatic N) is 1. The monoisotopic (exact) mass is 367 g/mol. The van der Waals surface area contributed by atoms with E-state index in [1.807, 2.05) is 0 Å². The summed E-state index contributed by atoms with van der Waals surface area (Å²) in [5.41, 5.74) is 1.89. The van der Waals surface area contributed by atoms with Gasteiger partial charge in [-0.05, 0) is 23.3 Å². The number of hydrogen-bond donors (Lipinski definition) is 0. The van der Waals surface area contributed by atoms with Gasteiger partial charge in [0.1, 0.15) is 12.2 Å². The van der Waals surface area contributed by atoms with Gasteiger partial charge in [-0.1, -0.05) is 36.4 Å². The molecule has 7 heteroatoms. The van der Waals surface area contributed by atoms with Crippen LogP contribution in [0.3, 0.4) is 0 Å². The molecule has 1 heterocycles. The van der Waals surface area contributed by atoms with Crippen molar-refractivity contribution in [1.29, 1.82) is 0 Å². The molecule has 0 saturated carbocycles. The van der Waals surface area contributed by atoms with E-state index in [1.165, 1.54) is 20.5 Å². The van der Waals surface area contributed by atoms with Gasteiger partial charge in [0.25, 0.3) is 11.8 Å². The lowest BCUT2D eigenvalue weighted by Gasteiger charge is -2.16. The molecule has 0 bridgehead atoms. The van der Waals surface area contributed by atoms with Gasteiger partial charge < -0.3 is 9.47 Å². The zero-order valence-electron chi connectivity index (χ0n) is 14.8. The van der Waals surface area contributed by atoms with E-state index in [2.05, 4.69) is 0 Å². The van der Waals surface area contributed by atoms with Crippen molar-refractivity contribution < 1.29 is 28.7 Å². The smallest absolute Gasteiger partial charge is 0.341 e. The number of hydrogen-bond acceptors (Lipinski definition) is 6. The van der Waals surface area contributed by atoms with Crippen LogP contribution in [0.2, 0.25) is 0 Å². The summed E-state index contributed by atoms with van der Waals surface area (Å²) in [6.07, 6.45) is 1.27. The Hall–Kier alpha value is -3.45. The molecule has 2 aromatic carbocycles. The fourth-order valence-corrected chi connectivity index (χ4v) is 2.78. The van der Waals surface area contributed by atoms with E-state index in [0.29, 0.717) is 22.3 Å². The van der Waals surface area contributed by atoms with Gasteiger partial charge in [0.05, 0.1) is 31.6 Å². The number of fused-ring (bicyclic) bond motifs is 1. The molecule has 0 aliphatic carbocycles. The number of benzene rings is 2. The summed E-state index contributed by atoms with van der Waals surface area (Å²) < 4.78 is 9.75. The van der Waals surface area contributed by atoms with Crippen LogP contribution in [0.4, 0.5) is 0 Å². The van der Waals surface area contributed by atoms with E-state index in [1.54, 1.807) is 48.5 Å². The SMILES string of the molecule is CO/C=C(\C(=O)OC)c1ccccc1CON1C(=O)c2ccccc2C1=O. The van der Waals surface area contributed by atoms with Crippen molar-refractivity contribution in [3.05, 3.63) is 77.0 Å². The maximum absolute atomic E-state index is 12.4. The van der Waals surface area contributed by atoms with Gasteiger partial charge in [0, 0.05) is 0 Å². The summed E-state index contributed by atoms with van der Waals surface area (Å²) in [6, 6.07) is 13.4. The fraction of sp³-hybridized carbons (Fsp3) is 0.150. The third kappa shape index (κ3) is 3.45. The number of amides is 2. The van der Waals surface area contributed by atoms with Gasteiger partial charge in [-0.25, -0.2) is 4.79 Å². The Balaban J connectivity index is 1.84. The molecule has 0 aromatic heterocycles. The molecule has 3 rings (SSSR count). The van der Waals surface area contributed by atoms with Crippen LogP contribution in [0.25, 0.3) is 5.57 Å². The highest BCUT2D eigenvalue weighted by Gasteiger charge is 2.36. The third-order valence-electron chi connectivity index (χ3n) is 4.05. The Bertz CT molecular complexity index is 899. The van der Waals surface area contributed by atoms with E-state index in [0.717, 1.165) is 5.06 Å². The van der Waals surface area contributed by atoms with E-state index >= 15 is 0 Å². The number of methoxy groups -OCH3 is 2. The number of hydroxylamine groups is 2. The van der Waals surface area contributed by atoms with Crippen molar-refractivity contribution in [3.63, 3.8) is 0 Å². The molecule has 7 nitrogen and oxygen atoms in total. The minimum absolute atomic E-state index is 0.0975. The average Bonchev–Trinajstić information content (AvgIpc) is 2.95. The molecule has 1 aliphatic rings. The summed E-state index contributed by atoms with van der Waals surface area (Å²) in [4.78, 5) is 42.3. The van der Waals surface area contributed by atoms with Crippen molar-refractivity contribution in [2.45, 2.75) is 6.61 Å². The zero-order chi connectivity index (χ0) is 19.4. The van der Waals surface area contributed by atoms with Crippen LogP contribution < -0.4 is 0 Å². The predicted octanol–water partition coefficient (Wildman–Crippen LogP) is 2.57. The summed E-state index contributed by atoms with van der Waals surface area (Å²) in [6.45, 7) is -0.0975. The number of ether oxygens (including phenoxy) is 2. The van der Waals surface area contributed by atoms with Crippen molar-refractivity contribution >= 4 is 23.4 Å². The number of esters is 1. The molecule has 0 atom stereocenters. The lowest BCUT2D eigenvalue weighted by Crippen LogP contribution is -2.30. The lowest BCUT2D eigenvalue weighted by molar-refractivity contribution is -0.133. The highest BCUT2D eigenvalue weighted by atomic mass is 16.7. The Labute approximate surface area is 155 Å². The summed E-state index contributed by atoms with van der Waals surface area (Å²) >= 11 is 0. The van der Waals surface area contributed by atoms with Crippen LogP contribution in [0, 0.1) is 0 Å². The van der Waals surface area contributed by atoms with Crippen LogP contribution in [-0.2, 0) is 25.7 Å². The topological polar surface area (TPSA) is 82.1 Å². The van der Waals surface area contributed by atoms with Crippen LogP contribution >= 0.6 is 0 Å². The minimum Gasteiger partial charge on any atom is -0.503 e. The molecule has 138 valence electrons.